The molecule has 0 aliphatic carbocycles. The Kier molecular flexibility index (Phi) is 2.50. The number of fused-ring (bicyclic) bond motifs is 2. The molecule has 1 amide bonds. The van der Waals surface area contributed by atoms with Gasteiger partial charge in [0.2, 0.25) is 5.91 Å². The highest BCUT2D eigenvalue weighted by Gasteiger charge is 2.72. The number of rotatable bonds is 2. The summed E-state index contributed by atoms with van der Waals surface area (Å²) in [4.78, 5) is 26.5. The van der Waals surface area contributed by atoms with E-state index >= 15 is 0 Å². The summed E-state index contributed by atoms with van der Waals surface area (Å²) in [5, 5.41) is 0. The molecule has 0 N–H and O–H groups in total. The van der Waals surface area contributed by atoms with E-state index in [1.807, 2.05) is 12.2 Å². The topological polar surface area (TPSA) is 65.1 Å². The molecule has 2 bridgehead atoms. The van der Waals surface area contributed by atoms with E-state index < -0.39 is 23.7 Å². The lowest BCUT2D eigenvalue weighted by molar-refractivity contribution is -0.168. The quantitative estimate of drug-likeness (QED) is 0.529. The first-order valence-corrected chi connectivity index (χ1v) is 7.15. The average molecular weight is 279 g/mol. The van der Waals surface area contributed by atoms with E-state index in [0.29, 0.717) is 19.8 Å². The van der Waals surface area contributed by atoms with Gasteiger partial charge >= 0.3 is 5.97 Å². The molecule has 4 aliphatic heterocycles. The van der Waals surface area contributed by atoms with Gasteiger partial charge in [0.25, 0.3) is 0 Å². The molecule has 20 heavy (non-hydrogen) atoms. The van der Waals surface area contributed by atoms with Crippen molar-refractivity contribution in [2.24, 2.45) is 11.8 Å². The second-order valence-electron chi connectivity index (χ2n) is 5.66. The first-order chi connectivity index (χ1) is 9.69. The second kappa shape index (κ2) is 4.05. The number of carbonyl (C=O) groups excluding carboxylic acids is 2. The van der Waals surface area contributed by atoms with Crippen LogP contribution in [-0.2, 0) is 23.8 Å². The Labute approximate surface area is 116 Å². The molecule has 4 rings (SSSR count). The zero-order valence-corrected chi connectivity index (χ0v) is 11.3. The van der Waals surface area contributed by atoms with Gasteiger partial charge in [0.15, 0.2) is 6.23 Å². The molecule has 6 nitrogen and oxygen atoms in total. The van der Waals surface area contributed by atoms with Gasteiger partial charge in [-0.05, 0) is 19.4 Å². The van der Waals surface area contributed by atoms with Crippen molar-refractivity contribution in [1.29, 1.82) is 0 Å². The van der Waals surface area contributed by atoms with Crippen LogP contribution in [0.5, 0.6) is 0 Å². The van der Waals surface area contributed by atoms with Gasteiger partial charge in [0.05, 0.1) is 25.2 Å². The van der Waals surface area contributed by atoms with Crippen LogP contribution in [0.25, 0.3) is 0 Å². The summed E-state index contributed by atoms with van der Waals surface area (Å²) >= 11 is 0. The molecular weight excluding hydrogens is 262 g/mol. The largest absolute Gasteiger partial charge is 0.466 e. The van der Waals surface area contributed by atoms with E-state index in [1.165, 1.54) is 0 Å². The highest BCUT2D eigenvalue weighted by Crippen LogP contribution is 2.55. The van der Waals surface area contributed by atoms with Crippen molar-refractivity contribution in [2.75, 3.05) is 19.8 Å². The fourth-order valence-electron chi connectivity index (χ4n) is 3.96. The monoisotopic (exact) mass is 279 g/mol. The molecule has 0 unspecified atom stereocenters. The Morgan fingerprint density at radius 3 is 3.25 bits per heavy atom. The van der Waals surface area contributed by atoms with E-state index in [1.54, 1.807) is 11.8 Å². The van der Waals surface area contributed by atoms with Crippen molar-refractivity contribution in [3.8, 4) is 0 Å². The first kappa shape index (κ1) is 12.3. The van der Waals surface area contributed by atoms with Crippen LogP contribution in [0, 0.1) is 11.8 Å². The fourth-order valence-corrected chi connectivity index (χ4v) is 3.96. The molecule has 0 aromatic carbocycles. The van der Waals surface area contributed by atoms with E-state index in [4.69, 9.17) is 14.2 Å². The van der Waals surface area contributed by atoms with Crippen molar-refractivity contribution in [2.45, 2.75) is 31.3 Å². The van der Waals surface area contributed by atoms with E-state index in [0.717, 1.165) is 6.42 Å². The van der Waals surface area contributed by atoms with Gasteiger partial charge in [-0.1, -0.05) is 6.08 Å². The SMILES string of the molecule is CCOC(=O)[C@H]1[C@@H]2C=C[C@]3(O2)[C@@H]1C(=O)N1CCCO[C@@H]13. The standard InChI is InChI=1S/C14H17NO5/c1-2-18-12(17)9-8-4-5-14(20-8)10(9)11(16)15-6-3-7-19-13(14)15/h4-5,8-10,13H,2-3,6-7H2,1H3/t8-,9-,10-,13+,14-/m0/s1. The van der Waals surface area contributed by atoms with Crippen LogP contribution in [0.1, 0.15) is 13.3 Å². The lowest BCUT2D eigenvalue weighted by atomic mass is 9.76. The normalized spacial score (nSPS) is 44.6. The molecule has 4 heterocycles. The van der Waals surface area contributed by atoms with Crippen LogP contribution in [0.3, 0.4) is 0 Å². The maximum absolute atomic E-state index is 12.6. The third kappa shape index (κ3) is 1.31. The van der Waals surface area contributed by atoms with Gasteiger partial charge in [-0.2, -0.15) is 0 Å². The Morgan fingerprint density at radius 1 is 1.60 bits per heavy atom. The lowest BCUT2D eigenvalue weighted by Gasteiger charge is -2.36. The molecule has 4 aliphatic rings. The summed E-state index contributed by atoms with van der Waals surface area (Å²) in [7, 11) is 0. The summed E-state index contributed by atoms with van der Waals surface area (Å²) in [5.74, 6) is -1.43. The van der Waals surface area contributed by atoms with E-state index in [2.05, 4.69) is 0 Å². The minimum Gasteiger partial charge on any atom is -0.466 e. The predicted octanol–water partition coefficient (Wildman–Crippen LogP) is 0.0779. The maximum atomic E-state index is 12.6. The lowest BCUT2D eigenvalue weighted by Crippen LogP contribution is -2.49. The van der Waals surface area contributed by atoms with Crippen LogP contribution in [0.15, 0.2) is 12.2 Å². The molecule has 0 saturated carbocycles. The zero-order valence-electron chi connectivity index (χ0n) is 11.3. The Balaban J connectivity index is 1.73. The molecule has 3 saturated heterocycles. The molecule has 108 valence electrons. The van der Waals surface area contributed by atoms with Crippen molar-refractivity contribution in [3.63, 3.8) is 0 Å². The van der Waals surface area contributed by atoms with Gasteiger partial charge in [-0.3, -0.25) is 9.59 Å². The average Bonchev–Trinajstić information content (AvgIpc) is 3.09. The Hall–Kier alpha value is -1.40. The third-order valence-electron chi connectivity index (χ3n) is 4.68. The molecule has 6 heteroatoms. The van der Waals surface area contributed by atoms with Crippen molar-refractivity contribution >= 4 is 11.9 Å². The van der Waals surface area contributed by atoms with Crippen molar-refractivity contribution in [3.05, 3.63) is 12.2 Å². The Morgan fingerprint density at radius 2 is 2.45 bits per heavy atom. The van der Waals surface area contributed by atoms with Gasteiger partial charge in [0, 0.05) is 6.54 Å². The van der Waals surface area contributed by atoms with Gasteiger partial charge < -0.3 is 19.1 Å². The molecule has 0 aromatic rings. The Bertz CT molecular complexity index is 504. The number of hydrogen-bond acceptors (Lipinski definition) is 5. The van der Waals surface area contributed by atoms with Crippen LogP contribution in [0.4, 0.5) is 0 Å². The predicted molar refractivity (Wildman–Crippen MR) is 66.4 cm³/mol. The molecule has 0 radical (unpaired) electrons. The van der Waals surface area contributed by atoms with E-state index in [9.17, 15) is 9.59 Å². The van der Waals surface area contributed by atoms with Gasteiger partial charge in [0.1, 0.15) is 11.5 Å². The number of nitrogens with zero attached hydrogens (tertiary/aromatic N) is 1. The van der Waals surface area contributed by atoms with Crippen LogP contribution in [-0.4, -0.2) is 54.5 Å². The van der Waals surface area contributed by atoms with Crippen molar-refractivity contribution in [1.82, 2.24) is 4.90 Å². The fraction of sp³-hybridized carbons (Fsp3) is 0.714. The second-order valence-corrected chi connectivity index (χ2v) is 5.66. The number of carbonyl (C=O) groups is 2. The molecule has 1 spiro atoms. The summed E-state index contributed by atoms with van der Waals surface area (Å²) in [6, 6.07) is 0. The minimum atomic E-state index is -0.792. The highest BCUT2D eigenvalue weighted by molar-refractivity contribution is 5.91. The molecule has 3 fully saturated rings. The summed E-state index contributed by atoms with van der Waals surface area (Å²) in [5.41, 5.74) is -0.792. The molecule has 5 atom stereocenters. The zero-order chi connectivity index (χ0) is 13.9. The molecular formula is C14H17NO5. The number of amides is 1. The summed E-state index contributed by atoms with van der Waals surface area (Å²) in [6.07, 6.45) is 3.84. The number of hydrogen-bond donors (Lipinski definition) is 0. The maximum Gasteiger partial charge on any atom is 0.312 e. The van der Waals surface area contributed by atoms with E-state index in [-0.39, 0.29) is 18.0 Å². The summed E-state index contributed by atoms with van der Waals surface area (Å²) < 4.78 is 16.9. The molecule has 0 aromatic heterocycles. The highest BCUT2D eigenvalue weighted by atomic mass is 16.6. The minimum absolute atomic E-state index is 0.0420. The van der Waals surface area contributed by atoms with Gasteiger partial charge in [-0.15, -0.1) is 0 Å². The van der Waals surface area contributed by atoms with Crippen LogP contribution in [0.2, 0.25) is 0 Å². The van der Waals surface area contributed by atoms with Gasteiger partial charge in [-0.25, -0.2) is 0 Å². The van der Waals surface area contributed by atoms with Crippen LogP contribution < -0.4 is 0 Å². The number of esters is 1. The first-order valence-electron chi connectivity index (χ1n) is 7.15. The third-order valence-corrected chi connectivity index (χ3v) is 4.68. The summed E-state index contributed by atoms with van der Waals surface area (Å²) in [6.45, 7) is 3.36. The number of ether oxygens (including phenoxy) is 3. The van der Waals surface area contributed by atoms with Crippen LogP contribution >= 0.6 is 0 Å². The smallest absolute Gasteiger partial charge is 0.312 e. The van der Waals surface area contributed by atoms with Crippen molar-refractivity contribution < 1.29 is 23.8 Å².